The van der Waals surface area contributed by atoms with Crippen LogP contribution in [0, 0.1) is 11.8 Å². The fraction of sp³-hybridized carbons (Fsp3) is 0.474. The Morgan fingerprint density at radius 1 is 1.15 bits per heavy atom. The van der Waals surface area contributed by atoms with Gasteiger partial charge in [0.25, 0.3) is 15.9 Å². The summed E-state index contributed by atoms with van der Waals surface area (Å²) in [5, 5.41) is 9.84. The molecule has 0 fully saturated rings. The molecule has 0 radical (unpaired) electrons. The van der Waals surface area contributed by atoms with Crippen LogP contribution in [0.2, 0.25) is 0 Å². The molecule has 0 saturated heterocycles. The van der Waals surface area contributed by atoms with E-state index in [1.54, 1.807) is 37.5 Å². The van der Waals surface area contributed by atoms with E-state index in [-0.39, 0.29) is 23.4 Å². The van der Waals surface area contributed by atoms with Gasteiger partial charge in [-0.3, -0.25) is 10.0 Å². The summed E-state index contributed by atoms with van der Waals surface area (Å²) in [7, 11) is -4.04. The zero-order valence-corrected chi connectivity index (χ0v) is 16.9. The van der Waals surface area contributed by atoms with Crippen LogP contribution in [0.1, 0.15) is 34.1 Å². The zero-order valence-electron chi connectivity index (χ0n) is 16.1. The number of nitrogens with one attached hydrogen (secondary N) is 1. The Morgan fingerprint density at radius 2 is 1.81 bits per heavy atom. The van der Waals surface area contributed by atoms with Crippen LogP contribution in [-0.2, 0) is 14.8 Å². The molecule has 7 nitrogen and oxygen atoms in total. The van der Waals surface area contributed by atoms with E-state index in [1.165, 1.54) is 6.07 Å². The molecular weight excluding hydrogens is 366 g/mol. The topological polar surface area (TPSA) is 99.6 Å². The molecule has 0 spiro atoms. The number of hydrogen-bond donors (Lipinski definition) is 2. The van der Waals surface area contributed by atoms with Gasteiger partial charge in [-0.2, -0.15) is 4.31 Å². The lowest BCUT2D eigenvalue weighted by molar-refractivity contribution is -0.134. The van der Waals surface area contributed by atoms with Crippen molar-refractivity contribution in [3.63, 3.8) is 0 Å². The Bertz CT molecular complexity index is 897. The summed E-state index contributed by atoms with van der Waals surface area (Å²) in [5.74, 6) is -0.838. The second-order valence-electron chi connectivity index (χ2n) is 7.31. The minimum atomic E-state index is -4.04. The van der Waals surface area contributed by atoms with Crippen LogP contribution in [-0.4, -0.2) is 41.4 Å². The van der Waals surface area contributed by atoms with Gasteiger partial charge in [-0.25, -0.2) is 18.9 Å². The smallest absolute Gasteiger partial charge is 0.262 e. The van der Waals surface area contributed by atoms with Gasteiger partial charge in [0, 0.05) is 11.9 Å². The largest absolute Gasteiger partial charge is 0.289 e. The average molecular weight is 394 g/mol. The van der Waals surface area contributed by atoms with Crippen molar-refractivity contribution < 1.29 is 18.4 Å². The van der Waals surface area contributed by atoms with Crippen LogP contribution < -0.4 is 5.48 Å². The first kappa shape index (κ1) is 21.3. The van der Waals surface area contributed by atoms with E-state index in [1.807, 2.05) is 26.0 Å². The molecule has 1 aromatic carbocycles. The number of rotatable bonds is 8. The van der Waals surface area contributed by atoms with Crippen molar-refractivity contribution >= 4 is 26.8 Å². The molecule has 0 aliphatic carbocycles. The number of hydroxylamine groups is 1. The highest BCUT2D eigenvalue weighted by atomic mass is 32.2. The molecule has 8 heteroatoms. The lowest BCUT2D eigenvalue weighted by Crippen LogP contribution is -2.52. The van der Waals surface area contributed by atoms with Gasteiger partial charge in [0.15, 0.2) is 5.03 Å². The quantitative estimate of drug-likeness (QED) is 0.531. The van der Waals surface area contributed by atoms with Gasteiger partial charge in [0.2, 0.25) is 0 Å². The van der Waals surface area contributed by atoms with Crippen LogP contribution in [0.25, 0.3) is 10.9 Å². The number of sulfonamides is 1. The molecule has 2 aromatic rings. The van der Waals surface area contributed by atoms with Crippen LogP contribution in [0.15, 0.2) is 41.4 Å². The summed E-state index contributed by atoms with van der Waals surface area (Å²) in [5.41, 5.74) is 2.17. The van der Waals surface area contributed by atoms with Crippen molar-refractivity contribution in [3.05, 3.63) is 36.4 Å². The molecule has 27 heavy (non-hydrogen) atoms. The number of carbonyl (C=O) groups is 1. The predicted molar refractivity (Wildman–Crippen MR) is 104 cm³/mol. The van der Waals surface area contributed by atoms with Gasteiger partial charge in [-0.1, -0.05) is 45.9 Å². The predicted octanol–water partition coefficient (Wildman–Crippen LogP) is 2.80. The molecule has 1 heterocycles. The van der Waals surface area contributed by atoms with Crippen LogP contribution >= 0.6 is 0 Å². The number of carbonyl (C=O) groups excluding carboxylic acids is 1. The van der Waals surface area contributed by atoms with Crippen LogP contribution in [0.3, 0.4) is 0 Å². The van der Waals surface area contributed by atoms with Gasteiger partial charge >= 0.3 is 0 Å². The summed E-state index contributed by atoms with van der Waals surface area (Å²) in [6, 6.07) is 9.36. The van der Waals surface area contributed by atoms with Gasteiger partial charge in [-0.05, 0) is 36.5 Å². The average Bonchev–Trinajstić information content (AvgIpc) is 2.63. The van der Waals surface area contributed by atoms with Crippen molar-refractivity contribution in [1.29, 1.82) is 0 Å². The summed E-state index contributed by atoms with van der Waals surface area (Å²) in [6.07, 6.45) is 0.578. The van der Waals surface area contributed by atoms with Gasteiger partial charge < -0.3 is 0 Å². The summed E-state index contributed by atoms with van der Waals surface area (Å²) in [6.45, 7) is 7.60. The van der Waals surface area contributed by atoms with Crippen molar-refractivity contribution in [2.45, 2.75) is 45.2 Å². The molecule has 2 rings (SSSR count). The first-order chi connectivity index (χ1) is 12.7. The molecule has 2 N–H and O–H groups in total. The van der Waals surface area contributed by atoms with Crippen molar-refractivity contribution in [1.82, 2.24) is 14.8 Å². The number of hydrogen-bond acceptors (Lipinski definition) is 5. The SMILES string of the molecule is CC(C)CCN([C@@H](C(=O)NO)C(C)C)S(=O)(=O)c1ccc2ccccc2n1. The molecule has 0 bridgehead atoms. The molecule has 0 unspecified atom stereocenters. The van der Waals surface area contributed by atoms with E-state index in [0.29, 0.717) is 11.9 Å². The molecular formula is C19H27N3O4S. The van der Waals surface area contributed by atoms with E-state index >= 15 is 0 Å². The molecule has 0 saturated carbocycles. The summed E-state index contributed by atoms with van der Waals surface area (Å²) in [4.78, 5) is 16.5. The Labute approximate surface area is 160 Å². The fourth-order valence-corrected chi connectivity index (χ4v) is 4.62. The molecule has 0 aliphatic rings. The Balaban J connectivity index is 2.54. The number of nitrogens with zero attached hydrogens (tertiary/aromatic N) is 2. The van der Waals surface area contributed by atoms with E-state index in [4.69, 9.17) is 5.21 Å². The third kappa shape index (κ3) is 4.82. The second-order valence-corrected chi connectivity index (χ2v) is 9.14. The van der Waals surface area contributed by atoms with E-state index in [0.717, 1.165) is 9.69 Å². The maximum atomic E-state index is 13.4. The van der Waals surface area contributed by atoms with Crippen molar-refractivity contribution in [2.24, 2.45) is 11.8 Å². The number of fused-ring (bicyclic) bond motifs is 1. The molecule has 0 aliphatic heterocycles. The van der Waals surface area contributed by atoms with Gasteiger partial charge in [0.1, 0.15) is 6.04 Å². The Morgan fingerprint density at radius 3 is 2.41 bits per heavy atom. The first-order valence-electron chi connectivity index (χ1n) is 9.00. The number of aromatic nitrogens is 1. The van der Waals surface area contributed by atoms with Crippen molar-refractivity contribution in [2.75, 3.05) is 6.54 Å². The molecule has 1 amide bonds. The monoisotopic (exact) mass is 393 g/mol. The minimum Gasteiger partial charge on any atom is -0.289 e. The molecule has 1 aromatic heterocycles. The van der Waals surface area contributed by atoms with Crippen LogP contribution in [0.4, 0.5) is 0 Å². The summed E-state index contributed by atoms with van der Waals surface area (Å²) < 4.78 is 27.9. The number of pyridine rings is 1. The van der Waals surface area contributed by atoms with Crippen LogP contribution in [0.5, 0.6) is 0 Å². The fourth-order valence-electron chi connectivity index (χ4n) is 2.94. The lowest BCUT2D eigenvalue weighted by atomic mass is 10.0. The standard InChI is InChI=1S/C19H27N3O4S/c1-13(2)11-12-22(18(14(3)4)19(23)21-24)27(25,26)17-10-9-15-7-5-6-8-16(15)20-17/h5-10,13-14,18,24H,11-12H2,1-4H3,(H,21,23)/t18-/m1/s1. The highest BCUT2D eigenvalue weighted by Gasteiger charge is 2.38. The van der Waals surface area contributed by atoms with Gasteiger partial charge in [0.05, 0.1) is 5.52 Å². The third-order valence-electron chi connectivity index (χ3n) is 4.39. The minimum absolute atomic E-state index is 0.110. The first-order valence-corrected chi connectivity index (χ1v) is 10.4. The normalized spacial score (nSPS) is 13.5. The third-order valence-corrected chi connectivity index (χ3v) is 6.18. The maximum absolute atomic E-state index is 13.4. The maximum Gasteiger partial charge on any atom is 0.262 e. The number of benzene rings is 1. The van der Waals surface area contributed by atoms with E-state index < -0.39 is 22.0 Å². The van der Waals surface area contributed by atoms with Gasteiger partial charge in [-0.15, -0.1) is 0 Å². The lowest BCUT2D eigenvalue weighted by Gasteiger charge is -2.32. The summed E-state index contributed by atoms with van der Waals surface area (Å²) >= 11 is 0. The molecule has 148 valence electrons. The molecule has 1 atom stereocenters. The Kier molecular flexibility index (Phi) is 6.91. The van der Waals surface area contributed by atoms with Crippen molar-refractivity contribution in [3.8, 4) is 0 Å². The highest BCUT2D eigenvalue weighted by Crippen LogP contribution is 2.24. The second kappa shape index (κ2) is 8.77. The number of amides is 1. The Hall–Kier alpha value is -2.03. The zero-order chi connectivity index (χ0) is 20.2. The van der Waals surface area contributed by atoms with E-state index in [9.17, 15) is 13.2 Å². The number of para-hydroxylation sites is 1. The highest BCUT2D eigenvalue weighted by molar-refractivity contribution is 7.89. The van der Waals surface area contributed by atoms with E-state index in [2.05, 4.69) is 4.98 Å².